The van der Waals surface area contributed by atoms with Gasteiger partial charge >= 0.3 is 5.97 Å². The quantitative estimate of drug-likeness (QED) is 0.766. The fraction of sp³-hybridized carbons (Fsp3) is 0.923. The summed E-state index contributed by atoms with van der Waals surface area (Å²) in [7, 11) is 0. The van der Waals surface area contributed by atoms with Gasteiger partial charge in [-0.15, -0.1) is 0 Å². The molecule has 3 atom stereocenters. The number of piperidine rings is 1. The Morgan fingerprint density at radius 1 is 1.35 bits per heavy atom. The highest BCUT2D eigenvalue weighted by Crippen LogP contribution is 2.39. The number of nitrogens with two attached hydrogens (primary N) is 1. The van der Waals surface area contributed by atoms with E-state index < -0.39 is 11.5 Å². The van der Waals surface area contributed by atoms with Crippen LogP contribution in [0.1, 0.15) is 45.4 Å². The van der Waals surface area contributed by atoms with E-state index in [2.05, 4.69) is 11.8 Å². The van der Waals surface area contributed by atoms with E-state index in [0.717, 1.165) is 51.6 Å². The van der Waals surface area contributed by atoms with Crippen LogP contribution in [0.5, 0.6) is 0 Å². The maximum Gasteiger partial charge on any atom is 0.324 e. The van der Waals surface area contributed by atoms with Crippen LogP contribution in [0.4, 0.5) is 0 Å². The first-order valence-electron chi connectivity index (χ1n) is 6.81. The molecule has 0 radical (unpaired) electrons. The van der Waals surface area contributed by atoms with Crippen molar-refractivity contribution in [1.82, 2.24) is 4.90 Å². The maximum absolute atomic E-state index is 11.8. The summed E-state index contributed by atoms with van der Waals surface area (Å²) in [5.41, 5.74) is 5.36. The summed E-state index contributed by atoms with van der Waals surface area (Å²) >= 11 is 0. The summed E-state index contributed by atoms with van der Waals surface area (Å²) in [6, 6.07) is 0.147. The van der Waals surface area contributed by atoms with Crippen LogP contribution in [0.2, 0.25) is 0 Å². The van der Waals surface area contributed by atoms with Gasteiger partial charge in [-0.3, -0.25) is 9.69 Å². The zero-order chi connectivity index (χ0) is 12.5. The number of nitrogens with zero attached hydrogens (tertiary/aromatic N) is 1. The lowest BCUT2D eigenvalue weighted by atomic mass is 9.71. The molecule has 3 N–H and O–H groups in total. The molecule has 1 saturated carbocycles. The van der Waals surface area contributed by atoms with Gasteiger partial charge < -0.3 is 10.8 Å². The molecule has 0 aromatic rings. The van der Waals surface area contributed by atoms with E-state index in [1.54, 1.807) is 0 Å². The number of likely N-dealkylation sites (tertiary alicyclic amines) is 1. The van der Waals surface area contributed by atoms with Gasteiger partial charge in [-0.1, -0.05) is 19.8 Å². The van der Waals surface area contributed by atoms with Gasteiger partial charge in [0.15, 0.2) is 0 Å². The molecule has 1 saturated heterocycles. The molecule has 1 heterocycles. The number of carbonyl (C=O) groups is 1. The van der Waals surface area contributed by atoms with Crippen LogP contribution in [-0.4, -0.2) is 40.6 Å². The Bertz CT molecular complexity index is 295. The minimum absolute atomic E-state index is 0.147. The van der Waals surface area contributed by atoms with Crippen molar-refractivity contribution >= 4 is 5.97 Å². The molecule has 17 heavy (non-hydrogen) atoms. The lowest BCUT2D eigenvalue weighted by molar-refractivity contribution is -0.160. The topological polar surface area (TPSA) is 66.6 Å². The molecular weight excluding hydrogens is 216 g/mol. The number of hydrogen-bond acceptors (Lipinski definition) is 3. The molecule has 2 fully saturated rings. The van der Waals surface area contributed by atoms with E-state index in [-0.39, 0.29) is 12.0 Å². The van der Waals surface area contributed by atoms with Gasteiger partial charge in [-0.05, 0) is 38.1 Å². The second kappa shape index (κ2) is 4.94. The van der Waals surface area contributed by atoms with Gasteiger partial charge in [0.05, 0.1) is 0 Å². The number of carboxylic acid groups (broad SMARTS) is 1. The second-order valence-corrected chi connectivity index (χ2v) is 5.72. The number of carboxylic acids is 1. The molecule has 0 aromatic carbocycles. The third kappa shape index (κ3) is 2.20. The molecule has 1 aliphatic carbocycles. The van der Waals surface area contributed by atoms with Crippen molar-refractivity contribution in [3.8, 4) is 0 Å². The first kappa shape index (κ1) is 12.8. The van der Waals surface area contributed by atoms with E-state index in [1.165, 1.54) is 0 Å². The van der Waals surface area contributed by atoms with Crippen LogP contribution in [0.25, 0.3) is 0 Å². The summed E-state index contributed by atoms with van der Waals surface area (Å²) < 4.78 is 0. The van der Waals surface area contributed by atoms with Gasteiger partial charge in [0.2, 0.25) is 0 Å². The molecule has 98 valence electrons. The Labute approximate surface area is 103 Å². The molecule has 2 aliphatic rings. The standard InChI is InChI=1S/C13H24N2O2/c1-10-5-2-3-7-13(10,12(16)17)15-8-4-6-11(14)9-15/h10-11H,2-9,14H2,1H3,(H,16,17). The van der Waals surface area contributed by atoms with Crippen molar-refractivity contribution in [2.45, 2.75) is 57.0 Å². The molecule has 4 nitrogen and oxygen atoms in total. The van der Waals surface area contributed by atoms with Crippen LogP contribution in [0.3, 0.4) is 0 Å². The Morgan fingerprint density at radius 3 is 2.71 bits per heavy atom. The van der Waals surface area contributed by atoms with Gasteiger partial charge in [0, 0.05) is 12.6 Å². The molecular formula is C13H24N2O2. The summed E-state index contributed by atoms with van der Waals surface area (Å²) in [5, 5.41) is 9.72. The molecule has 1 aliphatic heterocycles. The van der Waals surface area contributed by atoms with Gasteiger partial charge in [-0.2, -0.15) is 0 Å². The molecule has 4 heteroatoms. The van der Waals surface area contributed by atoms with Crippen molar-refractivity contribution in [3.63, 3.8) is 0 Å². The summed E-state index contributed by atoms with van der Waals surface area (Å²) in [4.78, 5) is 14.0. The predicted molar refractivity (Wildman–Crippen MR) is 66.8 cm³/mol. The highest BCUT2D eigenvalue weighted by molar-refractivity contribution is 5.79. The highest BCUT2D eigenvalue weighted by atomic mass is 16.4. The summed E-state index contributed by atoms with van der Waals surface area (Å²) in [5.74, 6) is -0.405. The fourth-order valence-electron chi connectivity index (χ4n) is 3.63. The lowest BCUT2D eigenvalue weighted by Crippen LogP contribution is -2.63. The minimum Gasteiger partial charge on any atom is -0.480 e. The number of rotatable bonds is 2. The van der Waals surface area contributed by atoms with Gasteiger partial charge in [0.25, 0.3) is 0 Å². The van der Waals surface area contributed by atoms with Crippen molar-refractivity contribution < 1.29 is 9.90 Å². The van der Waals surface area contributed by atoms with Gasteiger partial charge in [-0.25, -0.2) is 0 Å². The largest absolute Gasteiger partial charge is 0.480 e. The number of aliphatic carboxylic acids is 1. The monoisotopic (exact) mass is 240 g/mol. The first-order chi connectivity index (χ1) is 8.07. The van der Waals surface area contributed by atoms with Crippen LogP contribution in [0.15, 0.2) is 0 Å². The zero-order valence-corrected chi connectivity index (χ0v) is 10.7. The van der Waals surface area contributed by atoms with Crippen LogP contribution >= 0.6 is 0 Å². The Morgan fingerprint density at radius 2 is 2.12 bits per heavy atom. The van der Waals surface area contributed by atoms with Crippen molar-refractivity contribution in [2.75, 3.05) is 13.1 Å². The maximum atomic E-state index is 11.8. The third-order valence-electron chi connectivity index (χ3n) is 4.65. The Balaban J connectivity index is 2.23. The van der Waals surface area contributed by atoms with E-state index >= 15 is 0 Å². The average Bonchev–Trinajstić information content (AvgIpc) is 2.29. The third-order valence-corrected chi connectivity index (χ3v) is 4.65. The van der Waals surface area contributed by atoms with Gasteiger partial charge in [0.1, 0.15) is 5.54 Å². The SMILES string of the molecule is CC1CCCCC1(C(=O)O)N1CCCC(N)C1. The molecule has 0 aromatic heterocycles. The van der Waals surface area contributed by atoms with Crippen LogP contribution < -0.4 is 5.73 Å². The molecule has 0 bridgehead atoms. The molecule has 2 rings (SSSR count). The van der Waals surface area contributed by atoms with Crippen molar-refractivity contribution in [3.05, 3.63) is 0 Å². The molecule has 3 unspecified atom stereocenters. The fourth-order valence-corrected chi connectivity index (χ4v) is 3.63. The predicted octanol–water partition coefficient (Wildman–Crippen LogP) is 1.44. The average molecular weight is 240 g/mol. The summed E-state index contributed by atoms with van der Waals surface area (Å²) in [6.45, 7) is 3.73. The minimum atomic E-state index is -0.643. The smallest absolute Gasteiger partial charge is 0.324 e. The Kier molecular flexibility index (Phi) is 3.73. The normalized spacial score (nSPS) is 40.1. The lowest BCUT2D eigenvalue weighted by Gasteiger charge is -2.49. The van der Waals surface area contributed by atoms with E-state index in [0.29, 0.717) is 0 Å². The summed E-state index contributed by atoms with van der Waals surface area (Å²) in [6.07, 6.45) is 6.07. The van der Waals surface area contributed by atoms with Crippen molar-refractivity contribution in [1.29, 1.82) is 0 Å². The van der Waals surface area contributed by atoms with Crippen LogP contribution in [-0.2, 0) is 4.79 Å². The highest BCUT2D eigenvalue weighted by Gasteiger charge is 2.50. The van der Waals surface area contributed by atoms with E-state index in [1.807, 2.05) is 0 Å². The first-order valence-corrected chi connectivity index (χ1v) is 6.81. The Hall–Kier alpha value is -0.610. The van der Waals surface area contributed by atoms with E-state index in [9.17, 15) is 9.90 Å². The second-order valence-electron chi connectivity index (χ2n) is 5.72. The van der Waals surface area contributed by atoms with Crippen molar-refractivity contribution in [2.24, 2.45) is 11.7 Å². The van der Waals surface area contributed by atoms with E-state index in [4.69, 9.17) is 5.73 Å². The number of hydrogen-bond donors (Lipinski definition) is 2. The molecule has 0 spiro atoms. The molecule has 0 amide bonds. The zero-order valence-electron chi connectivity index (χ0n) is 10.7. The van der Waals surface area contributed by atoms with Crippen LogP contribution in [0, 0.1) is 5.92 Å².